The molecule has 6 heteroatoms. The van der Waals surface area contributed by atoms with Crippen LogP contribution in [-0.4, -0.2) is 29.2 Å². The fourth-order valence-electron chi connectivity index (χ4n) is 3.10. The predicted octanol–water partition coefficient (Wildman–Crippen LogP) is 3.29. The van der Waals surface area contributed by atoms with Crippen LogP contribution < -0.4 is 9.46 Å². The molecule has 0 radical (unpaired) electrons. The van der Waals surface area contributed by atoms with Gasteiger partial charge in [0, 0.05) is 19.2 Å². The Kier molecular flexibility index (Phi) is 6.21. The summed E-state index contributed by atoms with van der Waals surface area (Å²) in [5.41, 5.74) is 3.30. The minimum atomic E-state index is -3.64. The van der Waals surface area contributed by atoms with E-state index in [-0.39, 0.29) is 6.54 Å². The van der Waals surface area contributed by atoms with Crippen LogP contribution >= 0.6 is 0 Å². The molecule has 2 aromatic carbocycles. The highest BCUT2D eigenvalue weighted by Gasteiger charge is 2.23. The van der Waals surface area contributed by atoms with Crippen LogP contribution in [0.3, 0.4) is 0 Å². The average Bonchev–Trinajstić information content (AvgIpc) is 2.54. The number of aryl methyl sites for hydroxylation is 3. The summed E-state index contributed by atoms with van der Waals surface area (Å²) in [6.45, 7) is 5.68. The largest absolute Gasteiger partial charge is 0.496 e. The van der Waals surface area contributed by atoms with Crippen molar-refractivity contribution >= 4 is 10.0 Å². The van der Waals surface area contributed by atoms with Gasteiger partial charge in [-0.3, -0.25) is 0 Å². The number of ether oxygens (including phenoxy) is 2. The quantitative estimate of drug-likeness (QED) is 0.820. The molecule has 0 heterocycles. The van der Waals surface area contributed by atoms with Crippen LogP contribution in [0.2, 0.25) is 0 Å². The zero-order valence-electron chi connectivity index (χ0n) is 15.3. The van der Waals surface area contributed by atoms with Gasteiger partial charge in [-0.1, -0.05) is 35.9 Å². The monoisotopic (exact) mass is 363 g/mol. The second-order valence-electron chi connectivity index (χ2n) is 6.05. The summed E-state index contributed by atoms with van der Waals surface area (Å²) in [4.78, 5) is 0.327. The van der Waals surface area contributed by atoms with Gasteiger partial charge in [0.15, 0.2) is 0 Å². The fourth-order valence-corrected chi connectivity index (χ4v) is 4.58. The Hall–Kier alpha value is -1.89. The van der Waals surface area contributed by atoms with Crippen LogP contribution in [0.25, 0.3) is 0 Å². The van der Waals surface area contributed by atoms with Crippen molar-refractivity contribution in [1.29, 1.82) is 0 Å². The topological polar surface area (TPSA) is 64.6 Å². The van der Waals surface area contributed by atoms with E-state index in [2.05, 4.69) is 4.72 Å². The van der Waals surface area contributed by atoms with Crippen molar-refractivity contribution in [3.63, 3.8) is 0 Å². The van der Waals surface area contributed by atoms with Crippen molar-refractivity contribution in [2.24, 2.45) is 0 Å². The number of sulfonamides is 1. The first-order valence-electron chi connectivity index (χ1n) is 8.03. The summed E-state index contributed by atoms with van der Waals surface area (Å²) in [7, 11) is -0.514. The maximum atomic E-state index is 12.8. The Balaban J connectivity index is 2.27. The number of benzene rings is 2. The van der Waals surface area contributed by atoms with E-state index in [1.807, 2.05) is 57.2 Å². The van der Waals surface area contributed by atoms with Gasteiger partial charge in [-0.05, 0) is 38.0 Å². The van der Waals surface area contributed by atoms with E-state index in [9.17, 15) is 8.42 Å². The second-order valence-corrected chi connectivity index (χ2v) is 7.75. The molecule has 0 aliphatic rings. The summed E-state index contributed by atoms with van der Waals surface area (Å²) in [5, 5.41) is 0. The third-order valence-electron chi connectivity index (χ3n) is 4.10. The molecule has 0 fully saturated rings. The number of hydrogen-bond acceptors (Lipinski definition) is 4. The molecule has 0 aliphatic carbocycles. The molecule has 0 saturated heterocycles. The van der Waals surface area contributed by atoms with E-state index in [1.165, 1.54) is 0 Å². The van der Waals surface area contributed by atoms with E-state index in [1.54, 1.807) is 14.2 Å². The Morgan fingerprint density at radius 2 is 1.64 bits per heavy atom. The number of nitrogens with one attached hydrogen (secondary N) is 1. The minimum absolute atomic E-state index is 0.117. The molecule has 0 bridgehead atoms. The van der Waals surface area contributed by atoms with E-state index < -0.39 is 16.1 Å². The van der Waals surface area contributed by atoms with Crippen LogP contribution in [0, 0.1) is 20.8 Å². The van der Waals surface area contributed by atoms with Gasteiger partial charge in [-0.2, -0.15) is 0 Å². The van der Waals surface area contributed by atoms with Gasteiger partial charge in [-0.15, -0.1) is 0 Å². The highest BCUT2D eigenvalue weighted by Crippen LogP contribution is 2.27. The number of rotatable bonds is 7. The molecule has 25 heavy (non-hydrogen) atoms. The van der Waals surface area contributed by atoms with E-state index in [4.69, 9.17) is 9.47 Å². The van der Waals surface area contributed by atoms with Crippen molar-refractivity contribution in [3.05, 3.63) is 58.7 Å². The highest BCUT2D eigenvalue weighted by molar-refractivity contribution is 7.89. The molecule has 2 aromatic rings. The predicted molar refractivity (Wildman–Crippen MR) is 98.6 cm³/mol. The Morgan fingerprint density at radius 1 is 1.04 bits per heavy atom. The third kappa shape index (κ3) is 4.39. The first-order valence-corrected chi connectivity index (χ1v) is 9.51. The van der Waals surface area contributed by atoms with E-state index >= 15 is 0 Å². The summed E-state index contributed by atoms with van der Waals surface area (Å²) >= 11 is 0. The van der Waals surface area contributed by atoms with E-state index in [0.717, 1.165) is 22.3 Å². The van der Waals surface area contributed by atoms with Gasteiger partial charge in [0.2, 0.25) is 10.0 Å². The van der Waals surface area contributed by atoms with Crippen molar-refractivity contribution < 1.29 is 17.9 Å². The first-order chi connectivity index (χ1) is 11.8. The minimum Gasteiger partial charge on any atom is -0.496 e. The zero-order chi connectivity index (χ0) is 18.6. The first kappa shape index (κ1) is 19.4. The molecule has 1 atom stereocenters. The second kappa shape index (κ2) is 7.99. The van der Waals surface area contributed by atoms with Gasteiger partial charge < -0.3 is 9.47 Å². The Morgan fingerprint density at radius 3 is 2.20 bits per heavy atom. The molecule has 0 aliphatic heterocycles. The lowest BCUT2D eigenvalue weighted by Crippen LogP contribution is -2.30. The lowest BCUT2D eigenvalue weighted by Gasteiger charge is -2.20. The fraction of sp³-hybridized carbons (Fsp3) is 0.368. The molecule has 0 saturated carbocycles. The zero-order valence-corrected chi connectivity index (χ0v) is 16.1. The summed E-state index contributed by atoms with van der Waals surface area (Å²) in [6.07, 6.45) is -0.447. The summed E-state index contributed by atoms with van der Waals surface area (Å²) < 4.78 is 39.1. The summed E-state index contributed by atoms with van der Waals surface area (Å²) in [6, 6.07) is 11.2. The van der Waals surface area contributed by atoms with Gasteiger partial charge in [0.05, 0.1) is 18.1 Å². The highest BCUT2D eigenvalue weighted by atomic mass is 32.2. The van der Waals surface area contributed by atoms with Gasteiger partial charge in [0.25, 0.3) is 0 Å². The van der Waals surface area contributed by atoms with Gasteiger partial charge in [0.1, 0.15) is 5.75 Å². The Labute approximate surface area is 150 Å². The van der Waals surface area contributed by atoms with Gasteiger partial charge in [-0.25, -0.2) is 13.1 Å². The molecular formula is C19H25NO4S. The van der Waals surface area contributed by atoms with Crippen molar-refractivity contribution in [2.75, 3.05) is 20.8 Å². The molecule has 1 N–H and O–H groups in total. The van der Waals surface area contributed by atoms with Crippen LogP contribution in [0.1, 0.15) is 28.4 Å². The normalized spacial score (nSPS) is 12.8. The van der Waals surface area contributed by atoms with Crippen LogP contribution in [-0.2, 0) is 14.8 Å². The standard InChI is InChI=1S/C19H25NO4S/c1-13-10-14(2)19(15(3)11-13)25(21,22)20-12-18(24-5)16-8-6-7-9-17(16)23-4/h6-11,18,20H,12H2,1-5H3. The smallest absolute Gasteiger partial charge is 0.241 e. The molecule has 1 unspecified atom stereocenters. The maximum absolute atomic E-state index is 12.8. The van der Waals surface area contributed by atoms with E-state index in [0.29, 0.717) is 10.6 Å². The van der Waals surface area contributed by atoms with Crippen molar-refractivity contribution in [2.45, 2.75) is 31.8 Å². The molecule has 0 spiro atoms. The lowest BCUT2D eigenvalue weighted by molar-refractivity contribution is 0.105. The molecular weight excluding hydrogens is 338 g/mol. The number of para-hydroxylation sites is 1. The Bertz CT molecular complexity index is 823. The number of hydrogen-bond donors (Lipinski definition) is 1. The van der Waals surface area contributed by atoms with Gasteiger partial charge >= 0.3 is 0 Å². The van der Waals surface area contributed by atoms with Crippen LogP contribution in [0.4, 0.5) is 0 Å². The van der Waals surface area contributed by atoms with Crippen LogP contribution in [0.15, 0.2) is 41.3 Å². The molecule has 0 amide bonds. The third-order valence-corrected chi connectivity index (χ3v) is 5.83. The lowest BCUT2D eigenvalue weighted by atomic mass is 10.1. The number of methoxy groups -OCH3 is 2. The van der Waals surface area contributed by atoms with Crippen LogP contribution in [0.5, 0.6) is 5.75 Å². The maximum Gasteiger partial charge on any atom is 0.241 e. The SMILES string of the molecule is COc1ccccc1C(CNS(=O)(=O)c1c(C)cc(C)cc1C)OC. The molecule has 2 rings (SSSR count). The molecule has 0 aromatic heterocycles. The van der Waals surface area contributed by atoms with Crippen molar-refractivity contribution in [3.8, 4) is 5.75 Å². The summed E-state index contributed by atoms with van der Waals surface area (Å²) in [5.74, 6) is 0.663. The molecule has 5 nitrogen and oxygen atoms in total. The average molecular weight is 363 g/mol. The molecule has 136 valence electrons. The van der Waals surface area contributed by atoms with Crippen molar-refractivity contribution in [1.82, 2.24) is 4.72 Å².